The molecule has 7 heteroatoms. The second-order valence-corrected chi connectivity index (χ2v) is 7.65. The monoisotopic (exact) mass is 394 g/mol. The van der Waals surface area contributed by atoms with Crippen molar-refractivity contribution in [3.05, 3.63) is 58.1 Å². The van der Waals surface area contributed by atoms with E-state index in [-0.39, 0.29) is 11.2 Å². The van der Waals surface area contributed by atoms with Crippen molar-refractivity contribution in [2.45, 2.75) is 18.7 Å². The lowest BCUT2D eigenvalue weighted by Gasteiger charge is -2.16. The van der Waals surface area contributed by atoms with Crippen LogP contribution in [0.15, 0.2) is 47.5 Å². The number of amides is 1. The number of carbonyl (C=O) groups excluding carboxylic acids is 1. The van der Waals surface area contributed by atoms with E-state index in [0.29, 0.717) is 27.4 Å². The van der Waals surface area contributed by atoms with Gasteiger partial charge in [0.15, 0.2) is 5.17 Å². The average Bonchev–Trinajstić information content (AvgIpc) is 2.86. The molecule has 0 aromatic heterocycles. The van der Waals surface area contributed by atoms with Gasteiger partial charge in [-0.15, -0.1) is 0 Å². The molecule has 130 valence electrons. The molecular weight excluding hydrogens is 379 g/mol. The zero-order chi connectivity index (χ0) is 18.0. The van der Waals surface area contributed by atoms with E-state index < -0.39 is 0 Å². The number of thioether (sulfide) groups is 1. The number of amidine groups is 1. The van der Waals surface area contributed by atoms with Gasteiger partial charge >= 0.3 is 0 Å². The van der Waals surface area contributed by atoms with Crippen molar-refractivity contribution in [2.24, 2.45) is 4.99 Å². The number of halogens is 2. The van der Waals surface area contributed by atoms with Crippen molar-refractivity contribution < 1.29 is 9.53 Å². The summed E-state index contributed by atoms with van der Waals surface area (Å²) in [6, 6.07) is 12.8. The lowest BCUT2D eigenvalue weighted by molar-refractivity contribution is -0.126. The minimum atomic E-state index is -0.167. The Kier molecular flexibility index (Phi) is 5.57. The molecule has 0 radical (unpaired) electrons. The molecular formula is C18H16Cl2N2O2S. The van der Waals surface area contributed by atoms with Crippen LogP contribution in [0.1, 0.15) is 12.5 Å². The molecule has 4 nitrogen and oxygen atoms in total. The molecule has 1 unspecified atom stereocenters. The Labute approximate surface area is 160 Å². The molecule has 1 aliphatic heterocycles. The van der Waals surface area contributed by atoms with Crippen molar-refractivity contribution in [3.63, 3.8) is 0 Å². The highest BCUT2D eigenvalue weighted by molar-refractivity contribution is 8.15. The molecule has 0 N–H and O–H groups in total. The van der Waals surface area contributed by atoms with E-state index in [4.69, 9.17) is 27.9 Å². The van der Waals surface area contributed by atoms with Crippen LogP contribution in [0.4, 0.5) is 5.69 Å². The van der Waals surface area contributed by atoms with Crippen molar-refractivity contribution in [1.29, 1.82) is 0 Å². The summed E-state index contributed by atoms with van der Waals surface area (Å²) >= 11 is 13.4. The third-order valence-corrected chi connectivity index (χ3v) is 5.57. The molecule has 25 heavy (non-hydrogen) atoms. The van der Waals surface area contributed by atoms with Gasteiger partial charge in [0.25, 0.3) is 0 Å². The van der Waals surface area contributed by atoms with E-state index in [9.17, 15) is 4.79 Å². The molecule has 2 aromatic rings. The van der Waals surface area contributed by atoms with Crippen LogP contribution in [0.5, 0.6) is 5.75 Å². The number of aliphatic imine (C=N–C) groups is 1. The lowest BCUT2D eigenvalue weighted by Crippen LogP contribution is -2.30. The van der Waals surface area contributed by atoms with Crippen LogP contribution in [-0.4, -0.2) is 28.3 Å². The van der Waals surface area contributed by atoms with E-state index in [0.717, 1.165) is 11.3 Å². The van der Waals surface area contributed by atoms with Gasteiger partial charge in [-0.1, -0.05) is 47.1 Å². The fourth-order valence-corrected chi connectivity index (χ4v) is 3.67. The van der Waals surface area contributed by atoms with Crippen molar-refractivity contribution in [2.75, 3.05) is 7.11 Å². The van der Waals surface area contributed by atoms with Crippen molar-refractivity contribution in [1.82, 2.24) is 4.90 Å². The van der Waals surface area contributed by atoms with Gasteiger partial charge in [-0.05, 0) is 42.8 Å². The molecule has 1 atom stereocenters. The fourth-order valence-electron chi connectivity index (χ4n) is 2.40. The number of methoxy groups -OCH3 is 1. The van der Waals surface area contributed by atoms with Crippen LogP contribution in [0, 0.1) is 0 Å². The highest BCUT2D eigenvalue weighted by atomic mass is 35.5. The highest BCUT2D eigenvalue weighted by Gasteiger charge is 2.35. The van der Waals surface area contributed by atoms with Gasteiger partial charge < -0.3 is 4.74 Å². The smallest absolute Gasteiger partial charge is 0.242 e. The first-order chi connectivity index (χ1) is 12.0. The number of nitrogens with zero attached hydrogens (tertiary/aromatic N) is 2. The molecule has 1 fully saturated rings. The van der Waals surface area contributed by atoms with Gasteiger partial charge in [-0.3, -0.25) is 9.69 Å². The molecule has 0 saturated carbocycles. The highest BCUT2D eigenvalue weighted by Crippen LogP contribution is 2.32. The SMILES string of the molecule is COc1ccc(CN2C(=O)C(C)S/C2=N/c2ccc(Cl)c(Cl)c2)cc1. The number of hydrogen-bond donors (Lipinski definition) is 0. The zero-order valence-corrected chi connectivity index (χ0v) is 16.0. The predicted molar refractivity (Wildman–Crippen MR) is 104 cm³/mol. The molecule has 0 aliphatic carbocycles. The minimum Gasteiger partial charge on any atom is -0.497 e. The maximum absolute atomic E-state index is 12.5. The molecule has 1 heterocycles. The summed E-state index contributed by atoms with van der Waals surface area (Å²) in [5.74, 6) is 0.823. The van der Waals surface area contributed by atoms with E-state index in [1.165, 1.54) is 11.8 Å². The number of benzene rings is 2. The standard InChI is InChI=1S/C18H16Cl2N2O2S/c1-11-17(23)22(10-12-3-6-14(24-2)7-4-12)18(25-11)21-13-5-8-15(19)16(20)9-13/h3-9,11H,10H2,1-2H3/b21-18+. The number of carbonyl (C=O) groups is 1. The van der Waals surface area contributed by atoms with Crippen LogP contribution in [0.3, 0.4) is 0 Å². The molecule has 1 amide bonds. The van der Waals surface area contributed by atoms with Crippen LogP contribution < -0.4 is 4.74 Å². The van der Waals surface area contributed by atoms with Gasteiger partial charge in [0.05, 0.1) is 34.6 Å². The molecule has 0 bridgehead atoms. The second kappa shape index (κ2) is 7.68. The largest absolute Gasteiger partial charge is 0.497 e. The average molecular weight is 395 g/mol. The second-order valence-electron chi connectivity index (χ2n) is 5.53. The maximum atomic E-state index is 12.5. The topological polar surface area (TPSA) is 41.9 Å². The Morgan fingerprint density at radius 2 is 1.88 bits per heavy atom. The summed E-state index contributed by atoms with van der Waals surface area (Å²) in [5, 5.41) is 1.41. The summed E-state index contributed by atoms with van der Waals surface area (Å²) in [6.07, 6.45) is 0. The van der Waals surface area contributed by atoms with Crippen molar-refractivity contribution >= 4 is 51.7 Å². The Balaban J connectivity index is 1.87. The molecule has 2 aromatic carbocycles. The van der Waals surface area contributed by atoms with Crippen LogP contribution in [0.25, 0.3) is 0 Å². The lowest BCUT2D eigenvalue weighted by atomic mass is 10.2. The van der Waals surface area contributed by atoms with Crippen LogP contribution in [-0.2, 0) is 11.3 Å². The van der Waals surface area contributed by atoms with E-state index in [1.807, 2.05) is 31.2 Å². The van der Waals surface area contributed by atoms with Gasteiger partial charge in [0, 0.05) is 0 Å². The Hall–Kier alpha value is -1.69. The number of hydrogen-bond acceptors (Lipinski definition) is 4. The predicted octanol–water partition coefficient (Wildman–Crippen LogP) is 5.15. The molecule has 0 spiro atoms. The molecule has 1 saturated heterocycles. The summed E-state index contributed by atoms with van der Waals surface area (Å²) in [4.78, 5) is 18.8. The van der Waals surface area contributed by atoms with Crippen LogP contribution >= 0.6 is 35.0 Å². The minimum absolute atomic E-state index is 0.0413. The third kappa shape index (κ3) is 4.11. The first kappa shape index (κ1) is 18.1. The van der Waals surface area contributed by atoms with Gasteiger partial charge in [-0.2, -0.15) is 0 Å². The zero-order valence-electron chi connectivity index (χ0n) is 13.7. The summed E-state index contributed by atoms with van der Waals surface area (Å²) in [5.41, 5.74) is 1.67. The Bertz CT molecular complexity index is 824. The van der Waals surface area contributed by atoms with E-state index >= 15 is 0 Å². The fraction of sp³-hybridized carbons (Fsp3) is 0.222. The molecule has 1 aliphatic rings. The quantitative estimate of drug-likeness (QED) is 0.719. The normalized spacial score (nSPS) is 18.9. The number of rotatable bonds is 4. The Morgan fingerprint density at radius 1 is 1.16 bits per heavy atom. The van der Waals surface area contributed by atoms with Crippen LogP contribution in [0.2, 0.25) is 10.0 Å². The van der Waals surface area contributed by atoms with E-state index in [1.54, 1.807) is 30.2 Å². The first-order valence-corrected chi connectivity index (χ1v) is 9.26. The summed E-state index contributed by atoms with van der Waals surface area (Å²) in [6.45, 7) is 2.34. The van der Waals surface area contributed by atoms with Gasteiger partial charge in [0.1, 0.15) is 5.75 Å². The van der Waals surface area contributed by atoms with Gasteiger partial charge in [-0.25, -0.2) is 4.99 Å². The van der Waals surface area contributed by atoms with Crippen molar-refractivity contribution in [3.8, 4) is 5.75 Å². The summed E-state index contributed by atoms with van der Waals surface area (Å²) < 4.78 is 5.17. The third-order valence-electron chi connectivity index (χ3n) is 3.75. The Morgan fingerprint density at radius 3 is 2.52 bits per heavy atom. The van der Waals surface area contributed by atoms with E-state index in [2.05, 4.69) is 4.99 Å². The maximum Gasteiger partial charge on any atom is 0.242 e. The number of ether oxygens (including phenoxy) is 1. The first-order valence-electron chi connectivity index (χ1n) is 7.62. The summed E-state index contributed by atoms with van der Waals surface area (Å²) in [7, 11) is 1.62. The molecule has 3 rings (SSSR count). The van der Waals surface area contributed by atoms with Gasteiger partial charge in [0.2, 0.25) is 5.91 Å².